The largest absolute Gasteiger partial charge is 0.508 e. The topological polar surface area (TPSA) is 106 Å². The van der Waals surface area contributed by atoms with Crippen LogP contribution in [-0.2, 0) is 0 Å². The summed E-state index contributed by atoms with van der Waals surface area (Å²) in [5.74, 6) is -1.30. The lowest BCUT2D eigenvalue weighted by Crippen LogP contribution is -2.13. The number of aliphatic imine (C=N–C) groups is 1. The lowest BCUT2D eigenvalue weighted by Gasteiger charge is -2.06. The van der Waals surface area contributed by atoms with E-state index < -0.39 is 5.97 Å². The van der Waals surface area contributed by atoms with Crippen molar-refractivity contribution in [3.8, 4) is 11.9 Å². The summed E-state index contributed by atoms with van der Waals surface area (Å²) in [6, 6.07) is 2.59. The molecule has 18 heavy (non-hydrogen) atoms. The summed E-state index contributed by atoms with van der Waals surface area (Å²) in [4.78, 5) is 15.1. The zero-order chi connectivity index (χ0) is 13.7. The minimum Gasteiger partial charge on any atom is -0.508 e. The van der Waals surface area contributed by atoms with Gasteiger partial charge in [-0.15, -0.1) is 0 Å². The van der Waals surface area contributed by atoms with Gasteiger partial charge in [0.1, 0.15) is 5.75 Å². The molecule has 0 unspecified atom stereocenters. The first kappa shape index (κ1) is 13.9. The standard InChI is InChI=1S/C11H11N3O3S/c1-6-3-8(14-11(18-2)13-5-12)7(10(16)17)4-9(6)15/h3-4,15H,1-2H3,(H,13,14)(H,16,17). The summed E-state index contributed by atoms with van der Waals surface area (Å²) in [5.41, 5.74) is 0.574. The van der Waals surface area contributed by atoms with Crippen molar-refractivity contribution in [2.24, 2.45) is 4.99 Å². The van der Waals surface area contributed by atoms with Crippen LogP contribution in [0, 0.1) is 18.4 Å². The Balaban J connectivity index is 3.35. The number of carbonyl (C=O) groups is 1. The lowest BCUT2D eigenvalue weighted by atomic mass is 10.1. The van der Waals surface area contributed by atoms with Crippen molar-refractivity contribution in [1.82, 2.24) is 5.32 Å². The first-order chi connectivity index (χ1) is 8.49. The van der Waals surface area contributed by atoms with Crippen LogP contribution >= 0.6 is 11.8 Å². The third kappa shape index (κ3) is 3.15. The van der Waals surface area contributed by atoms with Crippen LogP contribution in [0.2, 0.25) is 0 Å². The highest BCUT2D eigenvalue weighted by atomic mass is 32.2. The van der Waals surface area contributed by atoms with Gasteiger partial charge >= 0.3 is 5.97 Å². The summed E-state index contributed by atoms with van der Waals surface area (Å²) < 4.78 is 0. The monoisotopic (exact) mass is 265 g/mol. The molecule has 0 amide bonds. The number of nitriles is 1. The number of amidine groups is 1. The van der Waals surface area contributed by atoms with Crippen molar-refractivity contribution in [2.45, 2.75) is 6.92 Å². The highest BCUT2D eigenvalue weighted by Gasteiger charge is 2.13. The van der Waals surface area contributed by atoms with E-state index in [1.165, 1.54) is 17.8 Å². The molecule has 0 aromatic heterocycles. The predicted octanol–water partition coefficient (Wildman–Crippen LogP) is 1.82. The van der Waals surface area contributed by atoms with E-state index in [1.54, 1.807) is 19.4 Å². The number of phenolic OH excluding ortho intramolecular Hbond substituents is 1. The molecule has 0 heterocycles. The van der Waals surface area contributed by atoms with E-state index in [9.17, 15) is 9.90 Å². The van der Waals surface area contributed by atoms with Crippen LogP contribution in [0.15, 0.2) is 17.1 Å². The zero-order valence-corrected chi connectivity index (χ0v) is 10.6. The summed E-state index contributed by atoms with van der Waals surface area (Å²) in [5, 5.41) is 29.6. The van der Waals surface area contributed by atoms with E-state index in [-0.39, 0.29) is 22.2 Å². The normalized spacial score (nSPS) is 10.8. The van der Waals surface area contributed by atoms with Crippen molar-refractivity contribution in [2.75, 3.05) is 6.26 Å². The summed E-state index contributed by atoms with van der Waals surface area (Å²) in [6.45, 7) is 1.64. The van der Waals surface area contributed by atoms with Crippen molar-refractivity contribution >= 4 is 28.6 Å². The van der Waals surface area contributed by atoms with E-state index in [0.717, 1.165) is 6.07 Å². The number of carboxylic acids is 1. The average Bonchev–Trinajstić information content (AvgIpc) is 2.32. The van der Waals surface area contributed by atoms with Crippen LogP contribution in [0.4, 0.5) is 5.69 Å². The molecular weight excluding hydrogens is 254 g/mol. The van der Waals surface area contributed by atoms with E-state index in [2.05, 4.69) is 10.3 Å². The van der Waals surface area contributed by atoms with E-state index in [1.807, 2.05) is 0 Å². The minimum atomic E-state index is -1.19. The first-order valence-electron chi connectivity index (χ1n) is 4.84. The molecule has 0 atom stereocenters. The molecule has 6 nitrogen and oxygen atoms in total. The van der Waals surface area contributed by atoms with E-state index in [0.29, 0.717) is 5.56 Å². The number of aromatic carboxylic acids is 1. The number of benzene rings is 1. The van der Waals surface area contributed by atoms with Gasteiger partial charge in [0.05, 0.1) is 11.3 Å². The molecule has 0 aliphatic carbocycles. The molecule has 0 aliphatic rings. The Morgan fingerprint density at radius 2 is 2.22 bits per heavy atom. The maximum Gasteiger partial charge on any atom is 0.338 e. The number of hydrogen-bond acceptors (Lipinski definition) is 5. The Labute approximate surface area is 108 Å². The third-order valence-corrected chi connectivity index (χ3v) is 2.70. The smallest absolute Gasteiger partial charge is 0.338 e. The van der Waals surface area contributed by atoms with Gasteiger partial charge in [-0.05, 0) is 30.9 Å². The molecule has 0 spiro atoms. The second-order valence-electron chi connectivity index (χ2n) is 3.32. The third-order valence-electron chi connectivity index (χ3n) is 2.12. The molecule has 3 N–H and O–H groups in total. The second kappa shape index (κ2) is 5.93. The molecule has 0 aliphatic heterocycles. The van der Waals surface area contributed by atoms with Gasteiger partial charge in [0.2, 0.25) is 0 Å². The van der Waals surface area contributed by atoms with Crippen LogP contribution in [-0.4, -0.2) is 27.6 Å². The fraction of sp³-hybridized carbons (Fsp3) is 0.182. The Kier molecular flexibility index (Phi) is 4.57. The molecule has 7 heteroatoms. The molecular formula is C11H11N3O3S. The molecule has 0 fully saturated rings. The lowest BCUT2D eigenvalue weighted by molar-refractivity contribution is 0.0697. The summed E-state index contributed by atoms with van der Waals surface area (Å²) in [7, 11) is 0. The minimum absolute atomic E-state index is 0.106. The van der Waals surface area contributed by atoms with Crippen LogP contribution in [0.5, 0.6) is 5.75 Å². The van der Waals surface area contributed by atoms with Crippen LogP contribution < -0.4 is 5.32 Å². The molecule has 0 bridgehead atoms. The first-order valence-corrected chi connectivity index (χ1v) is 6.06. The number of nitrogens with zero attached hydrogens (tertiary/aromatic N) is 2. The van der Waals surface area contributed by atoms with E-state index in [4.69, 9.17) is 10.4 Å². The van der Waals surface area contributed by atoms with Crippen LogP contribution in [0.3, 0.4) is 0 Å². The predicted molar refractivity (Wildman–Crippen MR) is 69.2 cm³/mol. The molecule has 94 valence electrons. The number of phenols is 1. The number of nitrogens with one attached hydrogen (secondary N) is 1. The fourth-order valence-electron chi connectivity index (χ4n) is 1.23. The van der Waals surface area contributed by atoms with Gasteiger partial charge in [0.25, 0.3) is 0 Å². The fourth-order valence-corrected chi connectivity index (χ4v) is 1.56. The van der Waals surface area contributed by atoms with Crippen molar-refractivity contribution in [3.63, 3.8) is 0 Å². The molecule has 0 saturated heterocycles. The maximum absolute atomic E-state index is 11.0. The molecule has 1 aromatic rings. The molecule has 0 saturated carbocycles. The highest BCUT2D eigenvalue weighted by molar-refractivity contribution is 8.13. The molecule has 0 radical (unpaired) electrons. The van der Waals surface area contributed by atoms with Gasteiger partial charge < -0.3 is 10.2 Å². The second-order valence-corrected chi connectivity index (χ2v) is 4.11. The number of thioether (sulfide) groups is 1. The average molecular weight is 265 g/mol. The maximum atomic E-state index is 11.0. The van der Waals surface area contributed by atoms with Crippen LogP contribution in [0.1, 0.15) is 15.9 Å². The molecule has 1 rings (SSSR count). The number of hydrogen-bond donors (Lipinski definition) is 3. The SMILES string of the molecule is CSC(=Nc1cc(C)c(O)cc1C(=O)O)NC#N. The van der Waals surface area contributed by atoms with Crippen molar-refractivity contribution in [3.05, 3.63) is 23.3 Å². The van der Waals surface area contributed by atoms with Gasteiger partial charge in [0, 0.05) is 0 Å². The van der Waals surface area contributed by atoms with Crippen molar-refractivity contribution < 1.29 is 15.0 Å². The number of aryl methyl sites for hydroxylation is 1. The van der Waals surface area contributed by atoms with E-state index >= 15 is 0 Å². The van der Waals surface area contributed by atoms with Gasteiger partial charge in [-0.25, -0.2) is 9.79 Å². The Hall–Kier alpha value is -2.20. The Morgan fingerprint density at radius 1 is 1.56 bits per heavy atom. The number of carboxylic acid groups (broad SMARTS) is 1. The quantitative estimate of drug-likeness (QED) is 0.326. The van der Waals surface area contributed by atoms with Gasteiger partial charge in [-0.2, -0.15) is 5.26 Å². The highest BCUT2D eigenvalue weighted by Crippen LogP contribution is 2.28. The Bertz CT molecular complexity index is 549. The van der Waals surface area contributed by atoms with Crippen molar-refractivity contribution in [1.29, 1.82) is 5.26 Å². The zero-order valence-electron chi connectivity index (χ0n) is 9.76. The molecule has 1 aromatic carbocycles. The van der Waals surface area contributed by atoms with Gasteiger partial charge in [-0.3, -0.25) is 5.32 Å². The van der Waals surface area contributed by atoms with Gasteiger partial charge in [0.15, 0.2) is 11.4 Å². The summed E-state index contributed by atoms with van der Waals surface area (Å²) >= 11 is 1.18. The number of aromatic hydroxyl groups is 1. The van der Waals surface area contributed by atoms with Crippen LogP contribution in [0.25, 0.3) is 0 Å². The Morgan fingerprint density at radius 3 is 2.72 bits per heavy atom. The number of rotatable bonds is 2. The summed E-state index contributed by atoms with van der Waals surface area (Å²) in [6.07, 6.45) is 3.42. The van der Waals surface area contributed by atoms with Gasteiger partial charge in [-0.1, -0.05) is 11.8 Å².